The predicted molar refractivity (Wildman–Crippen MR) is 86.7 cm³/mol. The van der Waals surface area contributed by atoms with Gasteiger partial charge in [0.15, 0.2) is 0 Å². The van der Waals surface area contributed by atoms with E-state index in [2.05, 4.69) is 18.9 Å². The highest BCUT2D eigenvalue weighted by molar-refractivity contribution is 6.31. The molecule has 114 valence electrons. The van der Waals surface area contributed by atoms with Gasteiger partial charge in [0, 0.05) is 23.9 Å². The molecule has 1 aromatic carbocycles. The van der Waals surface area contributed by atoms with Crippen LogP contribution < -0.4 is 0 Å². The molecule has 0 saturated heterocycles. The molecule has 2 unspecified atom stereocenters. The molecule has 0 aliphatic carbocycles. The number of nitrogens with zero attached hydrogens (tertiary/aromatic N) is 2. The maximum absolute atomic E-state index is 9.62. The van der Waals surface area contributed by atoms with E-state index in [1.807, 2.05) is 41.2 Å². The summed E-state index contributed by atoms with van der Waals surface area (Å²) in [4.78, 5) is 0. The van der Waals surface area contributed by atoms with Gasteiger partial charge in [-0.3, -0.25) is 4.68 Å². The third-order valence-corrected chi connectivity index (χ3v) is 4.30. The molecule has 0 aliphatic rings. The van der Waals surface area contributed by atoms with Crippen LogP contribution in [0, 0.1) is 5.92 Å². The summed E-state index contributed by atoms with van der Waals surface area (Å²) in [6.45, 7) is 4.45. The molecule has 2 aromatic rings. The highest BCUT2D eigenvalue weighted by Crippen LogP contribution is 2.21. The third-order valence-electron chi connectivity index (χ3n) is 3.93. The van der Waals surface area contributed by atoms with E-state index in [1.54, 1.807) is 0 Å². The Morgan fingerprint density at radius 1 is 1.24 bits per heavy atom. The van der Waals surface area contributed by atoms with Crippen LogP contribution in [-0.2, 0) is 12.8 Å². The third kappa shape index (κ3) is 4.32. The van der Waals surface area contributed by atoms with Crippen molar-refractivity contribution in [3.05, 3.63) is 52.8 Å². The average Bonchev–Trinajstić information content (AvgIpc) is 2.96. The number of aliphatic hydroxyl groups excluding tert-OH is 1. The zero-order chi connectivity index (χ0) is 15.2. The van der Waals surface area contributed by atoms with Crippen LogP contribution in [-0.4, -0.2) is 21.5 Å². The van der Waals surface area contributed by atoms with Gasteiger partial charge < -0.3 is 5.11 Å². The lowest BCUT2D eigenvalue weighted by Crippen LogP contribution is -2.14. The van der Waals surface area contributed by atoms with Crippen LogP contribution in [0.25, 0.3) is 0 Å². The van der Waals surface area contributed by atoms with Gasteiger partial charge in [-0.25, -0.2) is 0 Å². The highest BCUT2D eigenvalue weighted by atomic mass is 35.5. The molecular formula is C17H23ClN2O. The molecule has 0 fully saturated rings. The number of benzene rings is 1. The van der Waals surface area contributed by atoms with E-state index in [-0.39, 0.29) is 12.5 Å². The highest BCUT2D eigenvalue weighted by Gasteiger charge is 2.14. The van der Waals surface area contributed by atoms with Gasteiger partial charge in [0.1, 0.15) is 0 Å². The Morgan fingerprint density at radius 2 is 2.00 bits per heavy atom. The second kappa shape index (κ2) is 7.62. The minimum atomic E-state index is 0.140. The summed E-state index contributed by atoms with van der Waals surface area (Å²) in [6.07, 6.45) is 4.62. The summed E-state index contributed by atoms with van der Waals surface area (Å²) >= 11 is 6.19. The molecule has 0 amide bonds. The van der Waals surface area contributed by atoms with Crippen molar-refractivity contribution in [2.24, 2.45) is 5.92 Å². The molecule has 0 spiro atoms. The van der Waals surface area contributed by atoms with Gasteiger partial charge in [-0.15, -0.1) is 0 Å². The smallest absolute Gasteiger partial charge is 0.0628 e. The minimum absolute atomic E-state index is 0.140. The lowest BCUT2D eigenvalue weighted by molar-refractivity contribution is 0.224. The number of aromatic nitrogens is 2. The van der Waals surface area contributed by atoms with Crippen LogP contribution in [0.5, 0.6) is 0 Å². The number of rotatable bonds is 7. The Morgan fingerprint density at radius 3 is 2.67 bits per heavy atom. The molecule has 1 heterocycles. The summed E-state index contributed by atoms with van der Waals surface area (Å²) in [6, 6.07) is 10.3. The Balaban J connectivity index is 2.02. The summed E-state index contributed by atoms with van der Waals surface area (Å²) in [5, 5.41) is 15.0. The second-order valence-corrected chi connectivity index (χ2v) is 6.00. The van der Waals surface area contributed by atoms with E-state index in [0.717, 1.165) is 35.5 Å². The van der Waals surface area contributed by atoms with E-state index in [4.69, 9.17) is 11.6 Å². The average molecular weight is 307 g/mol. The number of hydrogen-bond acceptors (Lipinski definition) is 2. The van der Waals surface area contributed by atoms with Crippen molar-refractivity contribution in [1.29, 1.82) is 0 Å². The van der Waals surface area contributed by atoms with Crippen molar-refractivity contribution in [3.63, 3.8) is 0 Å². The fourth-order valence-electron chi connectivity index (χ4n) is 2.39. The normalized spacial score (nSPS) is 14.1. The standard InChI is InChI=1S/C17H23ClN2O/c1-3-13(2)20-9-8-16(19-20)11-14(12-21)10-15-6-4-5-7-17(15)18/h4-9,13-14,21H,3,10-12H2,1-2H3. The molecule has 3 nitrogen and oxygen atoms in total. The topological polar surface area (TPSA) is 38.0 Å². The van der Waals surface area contributed by atoms with E-state index in [9.17, 15) is 5.11 Å². The molecule has 2 atom stereocenters. The van der Waals surface area contributed by atoms with Crippen molar-refractivity contribution in [2.75, 3.05) is 6.61 Å². The van der Waals surface area contributed by atoms with Crippen molar-refractivity contribution in [1.82, 2.24) is 9.78 Å². The Bertz CT molecular complexity index is 567. The van der Waals surface area contributed by atoms with Crippen molar-refractivity contribution in [2.45, 2.75) is 39.2 Å². The van der Waals surface area contributed by atoms with Gasteiger partial charge in [0.25, 0.3) is 0 Å². The fraction of sp³-hybridized carbons (Fsp3) is 0.471. The second-order valence-electron chi connectivity index (χ2n) is 5.59. The quantitative estimate of drug-likeness (QED) is 0.842. The number of hydrogen-bond donors (Lipinski definition) is 1. The lowest BCUT2D eigenvalue weighted by Gasteiger charge is -2.14. The maximum atomic E-state index is 9.62. The molecule has 2 rings (SSSR count). The predicted octanol–water partition coefficient (Wildman–Crippen LogP) is 3.90. The Hall–Kier alpha value is -1.32. The minimum Gasteiger partial charge on any atom is -0.396 e. The van der Waals surface area contributed by atoms with E-state index in [1.165, 1.54) is 0 Å². The van der Waals surface area contributed by atoms with Crippen LogP contribution in [0.3, 0.4) is 0 Å². The number of aliphatic hydroxyl groups is 1. The zero-order valence-corrected chi connectivity index (χ0v) is 13.4. The Labute approximate surface area is 131 Å². The largest absolute Gasteiger partial charge is 0.396 e. The van der Waals surface area contributed by atoms with Gasteiger partial charge in [-0.05, 0) is 49.8 Å². The van der Waals surface area contributed by atoms with Crippen LogP contribution in [0.2, 0.25) is 5.02 Å². The van der Waals surface area contributed by atoms with Crippen molar-refractivity contribution in [3.8, 4) is 0 Å². The first-order chi connectivity index (χ1) is 10.1. The van der Waals surface area contributed by atoms with Crippen LogP contribution >= 0.6 is 11.6 Å². The molecule has 0 radical (unpaired) electrons. The molecular weight excluding hydrogens is 284 g/mol. The van der Waals surface area contributed by atoms with E-state index in [0.29, 0.717) is 6.04 Å². The van der Waals surface area contributed by atoms with Crippen molar-refractivity contribution < 1.29 is 5.11 Å². The van der Waals surface area contributed by atoms with E-state index < -0.39 is 0 Å². The summed E-state index contributed by atoms with van der Waals surface area (Å²) in [5.41, 5.74) is 2.11. The van der Waals surface area contributed by atoms with Gasteiger partial charge >= 0.3 is 0 Å². The maximum Gasteiger partial charge on any atom is 0.0628 e. The zero-order valence-electron chi connectivity index (χ0n) is 12.7. The van der Waals surface area contributed by atoms with Crippen LogP contribution in [0.15, 0.2) is 36.5 Å². The van der Waals surface area contributed by atoms with Gasteiger partial charge in [-0.2, -0.15) is 5.10 Å². The molecule has 4 heteroatoms. The SMILES string of the molecule is CCC(C)n1ccc(CC(CO)Cc2ccccc2Cl)n1. The molecule has 1 N–H and O–H groups in total. The monoisotopic (exact) mass is 306 g/mol. The summed E-state index contributed by atoms with van der Waals surface area (Å²) < 4.78 is 2.00. The molecule has 21 heavy (non-hydrogen) atoms. The first-order valence-electron chi connectivity index (χ1n) is 7.52. The Kier molecular flexibility index (Phi) is 5.83. The van der Waals surface area contributed by atoms with Gasteiger partial charge in [-0.1, -0.05) is 36.7 Å². The lowest BCUT2D eigenvalue weighted by atomic mass is 9.95. The van der Waals surface area contributed by atoms with Crippen molar-refractivity contribution >= 4 is 11.6 Å². The van der Waals surface area contributed by atoms with Crippen LogP contribution in [0.1, 0.15) is 37.6 Å². The molecule has 0 bridgehead atoms. The first-order valence-corrected chi connectivity index (χ1v) is 7.90. The molecule has 1 aromatic heterocycles. The molecule has 0 saturated carbocycles. The molecule has 0 aliphatic heterocycles. The number of halogens is 1. The first kappa shape index (κ1) is 16.1. The van der Waals surface area contributed by atoms with E-state index >= 15 is 0 Å². The summed E-state index contributed by atoms with van der Waals surface area (Å²) in [5.74, 6) is 0.144. The van der Waals surface area contributed by atoms with Gasteiger partial charge in [0.2, 0.25) is 0 Å². The van der Waals surface area contributed by atoms with Gasteiger partial charge in [0.05, 0.1) is 5.69 Å². The van der Waals surface area contributed by atoms with Crippen LogP contribution in [0.4, 0.5) is 0 Å². The summed E-state index contributed by atoms with van der Waals surface area (Å²) in [7, 11) is 0. The fourth-order valence-corrected chi connectivity index (χ4v) is 2.60.